The van der Waals surface area contributed by atoms with Crippen LogP contribution in [0, 0.1) is 0 Å². The normalized spacial score (nSPS) is 20.6. The van der Waals surface area contributed by atoms with Gasteiger partial charge in [-0.1, -0.05) is 11.6 Å². The minimum atomic E-state index is -0.0627. The van der Waals surface area contributed by atoms with Crippen molar-refractivity contribution in [3.05, 3.63) is 27.6 Å². The van der Waals surface area contributed by atoms with Gasteiger partial charge < -0.3 is 19.4 Å². The number of hydrogen-bond acceptors (Lipinski definition) is 4. The molecule has 2 aliphatic rings. The van der Waals surface area contributed by atoms with E-state index in [1.165, 1.54) is 0 Å². The second-order valence-corrected chi connectivity index (χ2v) is 8.28. The third-order valence-corrected chi connectivity index (χ3v) is 6.00. The largest absolute Gasteiger partial charge is 0.489 e. The number of fused-ring (bicyclic) bond motifs is 1. The van der Waals surface area contributed by atoms with Gasteiger partial charge in [0.15, 0.2) is 0 Å². The summed E-state index contributed by atoms with van der Waals surface area (Å²) < 4.78 is 13.2. The van der Waals surface area contributed by atoms with Gasteiger partial charge in [-0.25, -0.2) is 4.79 Å². The van der Waals surface area contributed by atoms with Crippen LogP contribution in [0.15, 0.2) is 16.9 Å². The fraction of sp³-hybridized carbons (Fsp3) is 0.650. The number of H-pyrrole nitrogens is 1. The van der Waals surface area contributed by atoms with Crippen molar-refractivity contribution in [2.75, 3.05) is 26.3 Å². The molecule has 0 spiro atoms. The van der Waals surface area contributed by atoms with E-state index in [9.17, 15) is 4.79 Å². The number of nitrogens with one attached hydrogen (secondary N) is 1. The molecular weight excluding hydrogens is 366 g/mol. The lowest BCUT2D eigenvalue weighted by Gasteiger charge is -2.39. The maximum absolute atomic E-state index is 12.7. The molecule has 0 amide bonds. The molecular formula is C20H28ClN3O3. The molecule has 2 saturated heterocycles. The topological polar surface area (TPSA) is 59.5 Å². The molecule has 6 nitrogen and oxygen atoms in total. The average molecular weight is 394 g/mol. The lowest BCUT2D eigenvalue weighted by Crippen LogP contribution is -2.45. The highest BCUT2D eigenvalue weighted by molar-refractivity contribution is 6.32. The number of ether oxygens (including phenoxy) is 2. The Morgan fingerprint density at radius 1 is 1.15 bits per heavy atom. The molecule has 0 radical (unpaired) electrons. The molecule has 0 bridgehead atoms. The van der Waals surface area contributed by atoms with Gasteiger partial charge in [0.2, 0.25) is 0 Å². The van der Waals surface area contributed by atoms with Gasteiger partial charge in [0, 0.05) is 44.5 Å². The molecule has 27 heavy (non-hydrogen) atoms. The van der Waals surface area contributed by atoms with E-state index >= 15 is 0 Å². The van der Waals surface area contributed by atoms with Crippen LogP contribution < -0.4 is 10.4 Å². The molecule has 4 rings (SSSR count). The maximum Gasteiger partial charge on any atom is 0.326 e. The lowest BCUT2D eigenvalue weighted by molar-refractivity contribution is 0.0220. The fourth-order valence-corrected chi connectivity index (χ4v) is 4.60. The number of imidazole rings is 1. The summed E-state index contributed by atoms with van der Waals surface area (Å²) in [6.07, 6.45) is 4.22. The smallest absolute Gasteiger partial charge is 0.326 e. The van der Waals surface area contributed by atoms with Crippen LogP contribution in [0.25, 0.3) is 11.0 Å². The minimum absolute atomic E-state index is 0.0294. The Bertz CT molecular complexity index is 846. The zero-order chi connectivity index (χ0) is 19.0. The van der Waals surface area contributed by atoms with Crippen molar-refractivity contribution in [2.24, 2.45) is 0 Å². The first kappa shape index (κ1) is 18.8. The van der Waals surface area contributed by atoms with Crippen molar-refractivity contribution in [3.8, 4) is 5.75 Å². The summed E-state index contributed by atoms with van der Waals surface area (Å²) >= 11 is 6.33. The second kappa shape index (κ2) is 7.86. The van der Waals surface area contributed by atoms with E-state index in [-0.39, 0.29) is 17.8 Å². The monoisotopic (exact) mass is 393 g/mol. The highest BCUT2D eigenvalue weighted by Gasteiger charge is 2.28. The van der Waals surface area contributed by atoms with E-state index in [0.29, 0.717) is 16.8 Å². The highest BCUT2D eigenvalue weighted by Crippen LogP contribution is 2.33. The van der Waals surface area contributed by atoms with E-state index in [4.69, 9.17) is 21.1 Å². The fourth-order valence-electron chi connectivity index (χ4n) is 4.39. The summed E-state index contributed by atoms with van der Waals surface area (Å²) in [5, 5.41) is 0.527. The molecule has 0 aliphatic carbocycles. The van der Waals surface area contributed by atoms with Gasteiger partial charge in [-0.15, -0.1) is 0 Å². The van der Waals surface area contributed by atoms with Crippen LogP contribution in [0.5, 0.6) is 5.75 Å². The molecule has 148 valence electrons. The van der Waals surface area contributed by atoms with Crippen molar-refractivity contribution in [1.82, 2.24) is 14.5 Å². The van der Waals surface area contributed by atoms with E-state index in [1.54, 1.807) is 6.07 Å². The first-order valence-corrected chi connectivity index (χ1v) is 10.3. The second-order valence-electron chi connectivity index (χ2n) is 7.88. The quantitative estimate of drug-likeness (QED) is 0.862. The standard InChI is InChI=1S/C20H28ClN3O3/c1-13(2)27-19-12-18-17(11-16(19)21)22-20(25)24(18)15-3-7-23(8-4-15)14-5-9-26-10-6-14/h11-15H,3-10H2,1-2H3,(H,22,25). The molecule has 0 atom stereocenters. The number of aromatic nitrogens is 2. The Labute approximate surface area is 164 Å². The van der Waals surface area contributed by atoms with Gasteiger partial charge in [0.25, 0.3) is 0 Å². The van der Waals surface area contributed by atoms with Crippen LogP contribution in [0.3, 0.4) is 0 Å². The number of hydrogen-bond donors (Lipinski definition) is 1. The Morgan fingerprint density at radius 2 is 1.85 bits per heavy atom. The van der Waals surface area contributed by atoms with Gasteiger partial charge in [-0.05, 0) is 45.6 Å². The van der Waals surface area contributed by atoms with Crippen molar-refractivity contribution < 1.29 is 9.47 Å². The number of likely N-dealkylation sites (tertiary alicyclic amines) is 1. The number of rotatable bonds is 4. The Kier molecular flexibility index (Phi) is 5.48. The SMILES string of the molecule is CC(C)Oc1cc2c(cc1Cl)[nH]c(=O)n2C1CCN(C2CCOCC2)CC1. The van der Waals surface area contributed by atoms with Gasteiger partial charge >= 0.3 is 5.69 Å². The van der Waals surface area contributed by atoms with Crippen molar-refractivity contribution in [2.45, 2.75) is 57.7 Å². The summed E-state index contributed by atoms with van der Waals surface area (Å²) in [5.41, 5.74) is 1.59. The van der Waals surface area contributed by atoms with E-state index < -0.39 is 0 Å². The number of benzene rings is 1. The van der Waals surface area contributed by atoms with Gasteiger partial charge in [-0.3, -0.25) is 4.57 Å². The summed E-state index contributed by atoms with van der Waals surface area (Å²) in [5.74, 6) is 0.631. The first-order valence-electron chi connectivity index (χ1n) is 9.95. The number of aromatic amines is 1. The third-order valence-electron chi connectivity index (χ3n) is 5.70. The number of nitrogens with zero attached hydrogens (tertiary/aromatic N) is 2. The minimum Gasteiger partial charge on any atom is -0.489 e. The van der Waals surface area contributed by atoms with Crippen LogP contribution in [0.2, 0.25) is 5.02 Å². The molecule has 3 heterocycles. The van der Waals surface area contributed by atoms with Crippen molar-refractivity contribution in [1.29, 1.82) is 0 Å². The Morgan fingerprint density at radius 3 is 2.52 bits per heavy atom. The Hall–Kier alpha value is -1.50. The van der Waals surface area contributed by atoms with Crippen LogP contribution >= 0.6 is 11.6 Å². The molecule has 0 unspecified atom stereocenters. The molecule has 1 N–H and O–H groups in total. The summed E-state index contributed by atoms with van der Waals surface area (Å²) in [7, 11) is 0. The molecule has 2 aliphatic heterocycles. The predicted octanol–water partition coefficient (Wildman–Crippen LogP) is 3.59. The van der Waals surface area contributed by atoms with Crippen LogP contribution in [-0.2, 0) is 4.74 Å². The molecule has 7 heteroatoms. The van der Waals surface area contributed by atoms with Gasteiger partial charge in [-0.2, -0.15) is 0 Å². The zero-order valence-corrected chi connectivity index (χ0v) is 16.8. The van der Waals surface area contributed by atoms with Crippen molar-refractivity contribution in [3.63, 3.8) is 0 Å². The lowest BCUT2D eigenvalue weighted by atomic mass is 9.99. The van der Waals surface area contributed by atoms with E-state index in [2.05, 4.69) is 9.88 Å². The summed E-state index contributed by atoms with van der Waals surface area (Å²) in [4.78, 5) is 18.2. The first-order chi connectivity index (χ1) is 13.0. The van der Waals surface area contributed by atoms with E-state index in [1.807, 2.05) is 24.5 Å². The van der Waals surface area contributed by atoms with Crippen LogP contribution in [-0.4, -0.2) is 52.9 Å². The molecule has 1 aromatic carbocycles. The third kappa shape index (κ3) is 3.89. The maximum atomic E-state index is 12.7. The zero-order valence-electron chi connectivity index (χ0n) is 16.0. The van der Waals surface area contributed by atoms with Gasteiger partial charge in [0.1, 0.15) is 5.75 Å². The van der Waals surface area contributed by atoms with Crippen LogP contribution in [0.1, 0.15) is 45.6 Å². The summed E-state index contributed by atoms with van der Waals surface area (Å²) in [6.45, 7) is 7.72. The molecule has 2 aromatic rings. The van der Waals surface area contributed by atoms with Crippen molar-refractivity contribution >= 4 is 22.6 Å². The number of piperidine rings is 1. The molecule has 2 fully saturated rings. The summed E-state index contributed by atoms with van der Waals surface area (Å²) in [6, 6.07) is 4.53. The highest BCUT2D eigenvalue weighted by atomic mass is 35.5. The number of halogens is 1. The van der Waals surface area contributed by atoms with Crippen LogP contribution in [0.4, 0.5) is 0 Å². The van der Waals surface area contributed by atoms with Gasteiger partial charge in [0.05, 0.1) is 22.2 Å². The van der Waals surface area contributed by atoms with E-state index in [0.717, 1.165) is 63.0 Å². The predicted molar refractivity (Wildman–Crippen MR) is 107 cm³/mol. The Balaban J connectivity index is 1.56. The molecule has 0 saturated carbocycles. The average Bonchev–Trinajstić information content (AvgIpc) is 2.97. The molecule has 1 aromatic heterocycles.